The molecule has 1 N–H and O–H groups in total. The fraction of sp³-hybridized carbons (Fsp3) is 0.150. The lowest BCUT2D eigenvalue weighted by Gasteiger charge is -2.09. The summed E-state index contributed by atoms with van der Waals surface area (Å²) in [7, 11) is 0. The molecule has 0 fully saturated rings. The Balaban J connectivity index is 1.75. The molecule has 0 spiro atoms. The molecule has 0 saturated carbocycles. The van der Waals surface area contributed by atoms with E-state index in [2.05, 4.69) is 15.5 Å². The molecular weight excluding hydrogens is 360 g/mol. The molecule has 0 bridgehead atoms. The van der Waals surface area contributed by atoms with Crippen molar-refractivity contribution >= 4 is 17.3 Å². The molecule has 0 radical (unpaired) electrons. The number of carbonyl (C=O) groups is 1. The van der Waals surface area contributed by atoms with E-state index in [0.717, 1.165) is 5.56 Å². The van der Waals surface area contributed by atoms with Gasteiger partial charge in [0.2, 0.25) is 5.88 Å². The number of rotatable bonds is 6. The van der Waals surface area contributed by atoms with E-state index in [1.807, 2.05) is 6.92 Å². The maximum absolute atomic E-state index is 12.5. The molecule has 2 aromatic carbocycles. The molecule has 8 nitrogen and oxygen atoms in total. The Labute approximate surface area is 161 Å². The van der Waals surface area contributed by atoms with E-state index < -0.39 is 10.8 Å². The summed E-state index contributed by atoms with van der Waals surface area (Å²) in [6.07, 6.45) is 0. The van der Waals surface area contributed by atoms with Crippen molar-refractivity contribution in [1.29, 1.82) is 0 Å². The van der Waals surface area contributed by atoms with Gasteiger partial charge in [-0.1, -0.05) is 18.2 Å². The number of hydrogen-bond acceptors (Lipinski definition) is 6. The third-order valence-electron chi connectivity index (χ3n) is 4.12. The average molecular weight is 378 g/mol. The molecule has 0 unspecified atom stereocenters. The van der Waals surface area contributed by atoms with Crippen molar-refractivity contribution in [2.45, 2.75) is 13.8 Å². The molecule has 0 aliphatic carbocycles. The van der Waals surface area contributed by atoms with Crippen LogP contribution in [0.3, 0.4) is 0 Å². The lowest BCUT2D eigenvalue weighted by Crippen LogP contribution is -2.14. The Morgan fingerprint density at radius 1 is 1.11 bits per heavy atom. The summed E-state index contributed by atoms with van der Waals surface area (Å²) < 4.78 is 5.27. The zero-order valence-electron chi connectivity index (χ0n) is 15.4. The number of nitrogens with zero attached hydrogens (tertiary/aromatic N) is 3. The summed E-state index contributed by atoms with van der Waals surface area (Å²) in [6, 6.07) is 15.1. The van der Waals surface area contributed by atoms with Gasteiger partial charge < -0.3 is 10.1 Å². The zero-order valence-corrected chi connectivity index (χ0v) is 15.4. The molecule has 0 saturated heterocycles. The first-order chi connectivity index (χ1) is 13.5. The number of hydrogen-bond donors (Lipinski definition) is 1. The topological polar surface area (TPSA) is 107 Å². The van der Waals surface area contributed by atoms with E-state index in [0.29, 0.717) is 29.4 Å². The van der Waals surface area contributed by atoms with Gasteiger partial charge in [0.25, 0.3) is 11.6 Å². The summed E-state index contributed by atoms with van der Waals surface area (Å²) in [5.74, 6) is 0.0530. The Bertz CT molecular complexity index is 1000. The highest BCUT2D eigenvalue weighted by Crippen LogP contribution is 2.23. The number of anilines is 1. The largest absolute Gasteiger partial charge is 0.477 e. The van der Waals surface area contributed by atoms with Crippen molar-refractivity contribution in [3.8, 4) is 17.1 Å². The lowest BCUT2D eigenvalue weighted by molar-refractivity contribution is -0.385. The summed E-state index contributed by atoms with van der Waals surface area (Å²) in [5, 5.41) is 21.9. The van der Waals surface area contributed by atoms with E-state index in [1.165, 1.54) is 12.1 Å². The van der Waals surface area contributed by atoms with Gasteiger partial charge in [-0.3, -0.25) is 14.9 Å². The highest BCUT2D eigenvalue weighted by molar-refractivity contribution is 6.05. The summed E-state index contributed by atoms with van der Waals surface area (Å²) in [6.45, 7) is 3.95. The van der Waals surface area contributed by atoms with Crippen molar-refractivity contribution in [2.75, 3.05) is 11.9 Å². The summed E-state index contributed by atoms with van der Waals surface area (Å²) in [5.41, 5.74) is 2.58. The molecule has 1 heterocycles. The first-order valence-electron chi connectivity index (χ1n) is 8.62. The monoisotopic (exact) mass is 378 g/mol. The second kappa shape index (κ2) is 8.26. The molecular formula is C20H18N4O4. The van der Waals surface area contributed by atoms with Gasteiger partial charge in [0.05, 0.1) is 17.2 Å². The van der Waals surface area contributed by atoms with E-state index in [4.69, 9.17) is 4.74 Å². The lowest BCUT2D eigenvalue weighted by atomic mass is 10.1. The third-order valence-corrected chi connectivity index (χ3v) is 4.12. The van der Waals surface area contributed by atoms with E-state index in [-0.39, 0.29) is 11.3 Å². The fourth-order valence-electron chi connectivity index (χ4n) is 2.69. The van der Waals surface area contributed by atoms with Crippen LogP contribution in [-0.2, 0) is 0 Å². The molecule has 1 amide bonds. The van der Waals surface area contributed by atoms with E-state index in [9.17, 15) is 14.9 Å². The molecule has 0 atom stereocenters. The minimum atomic E-state index is -0.501. The van der Waals surface area contributed by atoms with Gasteiger partial charge in [-0.05, 0) is 38.1 Å². The maximum atomic E-state index is 12.5. The van der Waals surface area contributed by atoms with Crippen molar-refractivity contribution < 1.29 is 14.5 Å². The quantitative estimate of drug-likeness (QED) is 0.513. The second-order valence-electron chi connectivity index (χ2n) is 5.93. The summed E-state index contributed by atoms with van der Waals surface area (Å²) >= 11 is 0. The van der Waals surface area contributed by atoms with E-state index >= 15 is 0 Å². The van der Waals surface area contributed by atoms with Crippen LogP contribution in [0.15, 0.2) is 54.6 Å². The number of nitro benzene ring substituents is 1. The van der Waals surface area contributed by atoms with Gasteiger partial charge in [-0.2, -0.15) is 0 Å². The first kappa shape index (κ1) is 19.0. The van der Waals surface area contributed by atoms with Gasteiger partial charge in [0.1, 0.15) is 0 Å². The molecule has 142 valence electrons. The van der Waals surface area contributed by atoms with Crippen LogP contribution in [0.1, 0.15) is 22.8 Å². The Morgan fingerprint density at radius 2 is 1.86 bits per heavy atom. The molecule has 3 rings (SSSR count). The van der Waals surface area contributed by atoms with Crippen molar-refractivity contribution in [3.63, 3.8) is 0 Å². The molecule has 0 aliphatic heterocycles. The molecule has 28 heavy (non-hydrogen) atoms. The van der Waals surface area contributed by atoms with Gasteiger partial charge in [0.15, 0.2) is 0 Å². The van der Waals surface area contributed by atoms with Gasteiger partial charge >= 0.3 is 0 Å². The SMILES string of the molecule is CCOc1ccc(-c2ccc(NC(=O)c3cccc([N+](=O)[O-])c3C)cc2)nn1. The van der Waals surface area contributed by atoms with Crippen LogP contribution < -0.4 is 10.1 Å². The van der Waals surface area contributed by atoms with Crippen molar-refractivity contribution in [2.24, 2.45) is 0 Å². The molecule has 8 heteroatoms. The molecule has 0 aliphatic rings. The number of amides is 1. The van der Waals surface area contributed by atoms with E-state index in [1.54, 1.807) is 49.4 Å². The predicted molar refractivity (Wildman–Crippen MR) is 104 cm³/mol. The smallest absolute Gasteiger partial charge is 0.273 e. The van der Waals surface area contributed by atoms with Crippen LogP contribution >= 0.6 is 0 Å². The van der Waals surface area contributed by atoms with Crippen LogP contribution in [0.5, 0.6) is 5.88 Å². The average Bonchev–Trinajstić information content (AvgIpc) is 2.69. The van der Waals surface area contributed by atoms with Crippen LogP contribution in [0.25, 0.3) is 11.3 Å². The van der Waals surface area contributed by atoms with Gasteiger partial charge in [-0.25, -0.2) is 0 Å². The van der Waals surface area contributed by atoms with Crippen molar-refractivity contribution in [1.82, 2.24) is 10.2 Å². The normalized spacial score (nSPS) is 10.4. The standard InChI is InChI=1S/C20H18N4O4/c1-3-28-19-12-11-17(22-23-19)14-7-9-15(10-8-14)21-20(25)16-5-4-6-18(13(16)2)24(26)27/h4-12H,3H2,1-2H3,(H,21,25). The predicted octanol–water partition coefficient (Wildman–Crippen LogP) is 4.01. The zero-order chi connectivity index (χ0) is 20.1. The Morgan fingerprint density at radius 3 is 2.46 bits per heavy atom. The highest BCUT2D eigenvalue weighted by atomic mass is 16.6. The minimum absolute atomic E-state index is 0.0860. The number of benzene rings is 2. The first-order valence-corrected chi connectivity index (χ1v) is 8.62. The van der Waals surface area contributed by atoms with Gasteiger partial charge in [0, 0.05) is 34.5 Å². The van der Waals surface area contributed by atoms with Crippen molar-refractivity contribution in [3.05, 3.63) is 75.8 Å². The third kappa shape index (κ3) is 4.12. The van der Waals surface area contributed by atoms with Crippen LogP contribution in [0.2, 0.25) is 0 Å². The Hall–Kier alpha value is -3.81. The number of carbonyl (C=O) groups excluding carboxylic acids is 1. The summed E-state index contributed by atoms with van der Waals surface area (Å²) in [4.78, 5) is 23.0. The Kier molecular flexibility index (Phi) is 5.59. The van der Waals surface area contributed by atoms with Crippen LogP contribution in [0, 0.1) is 17.0 Å². The highest BCUT2D eigenvalue weighted by Gasteiger charge is 2.18. The number of aromatic nitrogens is 2. The number of ether oxygens (including phenoxy) is 1. The van der Waals surface area contributed by atoms with Gasteiger partial charge in [-0.15, -0.1) is 10.2 Å². The molecule has 3 aromatic rings. The number of nitro groups is 1. The fourth-order valence-corrected chi connectivity index (χ4v) is 2.69. The van der Waals surface area contributed by atoms with Crippen LogP contribution in [-0.4, -0.2) is 27.6 Å². The molecule has 1 aromatic heterocycles. The minimum Gasteiger partial charge on any atom is -0.477 e. The maximum Gasteiger partial charge on any atom is 0.273 e. The van der Waals surface area contributed by atoms with Crippen LogP contribution in [0.4, 0.5) is 11.4 Å². The second-order valence-corrected chi connectivity index (χ2v) is 5.93. The number of nitrogens with one attached hydrogen (secondary N) is 1.